The van der Waals surface area contributed by atoms with Crippen LogP contribution < -0.4 is 10.6 Å². The van der Waals surface area contributed by atoms with Crippen LogP contribution in [0, 0.1) is 5.92 Å². The Bertz CT molecular complexity index is 252. The van der Waals surface area contributed by atoms with E-state index >= 15 is 0 Å². The van der Waals surface area contributed by atoms with Crippen LogP contribution in [0.4, 0.5) is 0 Å². The Morgan fingerprint density at radius 1 is 1.18 bits per heavy atom. The average Bonchev–Trinajstić information content (AvgIpc) is 2.24. The van der Waals surface area contributed by atoms with Crippen molar-refractivity contribution in [2.24, 2.45) is 5.92 Å². The average molecular weight is 244 g/mol. The van der Waals surface area contributed by atoms with Gasteiger partial charge < -0.3 is 15.4 Å². The van der Waals surface area contributed by atoms with Crippen LogP contribution >= 0.6 is 0 Å². The molecule has 0 radical (unpaired) electrons. The predicted molar refractivity (Wildman–Crippen MR) is 66.5 cm³/mol. The van der Waals surface area contributed by atoms with Gasteiger partial charge in [-0.2, -0.15) is 0 Å². The van der Waals surface area contributed by atoms with Gasteiger partial charge in [-0.15, -0.1) is 0 Å². The first-order valence-electron chi connectivity index (χ1n) is 5.99. The highest BCUT2D eigenvalue weighted by molar-refractivity contribution is 5.84. The zero-order valence-electron chi connectivity index (χ0n) is 11.4. The summed E-state index contributed by atoms with van der Waals surface area (Å²) in [7, 11) is 1.32. The van der Waals surface area contributed by atoms with Crippen molar-refractivity contribution in [3.05, 3.63) is 0 Å². The van der Waals surface area contributed by atoms with Gasteiger partial charge in [0.05, 0.1) is 7.11 Å². The summed E-state index contributed by atoms with van der Waals surface area (Å²) in [4.78, 5) is 23.0. The van der Waals surface area contributed by atoms with Crippen molar-refractivity contribution in [2.45, 2.75) is 46.2 Å². The minimum absolute atomic E-state index is 0.0180. The lowest BCUT2D eigenvalue weighted by Crippen LogP contribution is -2.45. The molecule has 0 fully saturated rings. The number of rotatable bonds is 7. The molecule has 0 aromatic carbocycles. The van der Waals surface area contributed by atoms with Crippen LogP contribution in [0.25, 0.3) is 0 Å². The molecule has 0 aliphatic rings. The summed E-state index contributed by atoms with van der Waals surface area (Å²) in [6.45, 7) is 8.38. The van der Waals surface area contributed by atoms with Gasteiger partial charge in [-0.1, -0.05) is 27.7 Å². The molecule has 0 bridgehead atoms. The quantitative estimate of drug-likeness (QED) is 0.647. The van der Waals surface area contributed by atoms with E-state index in [0.29, 0.717) is 19.0 Å². The van der Waals surface area contributed by atoms with Gasteiger partial charge in [-0.25, -0.2) is 4.79 Å². The molecule has 0 aromatic heterocycles. The van der Waals surface area contributed by atoms with E-state index in [0.717, 1.165) is 0 Å². The lowest BCUT2D eigenvalue weighted by Gasteiger charge is -2.20. The largest absolute Gasteiger partial charge is 0.467 e. The highest BCUT2D eigenvalue weighted by Gasteiger charge is 2.24. The molecule has 1 amide bonds. The first-order chi connectivity index (χ1) is 7.88. The lowest BCUT2D eigenvalue weighted by atomic mass is 10.0. The van der Waals surface area contributed by atoms with Crippen molar-refractivity contribution in [1.29, 1.82) is 0 Å². The van der Waals surface area contributed by atoms with Crippen molar-refractivity contribution in [2.75, 3.05) is 13.7 Å². The standard InChI is InChI=1S/C12H24N2O3/c1-8(2)11(12(16)17-5)14-10(15)6-7-13-9(3)4/h8-9,11,13H,6-7H2,1-5H3,(H,14,15)/t11-/m0/s1. The number of hydrogen-bond acceptors (Lipinski definition) is 4. The van der Waals surface area contributed by atoms with Gasteiger partial charge in [0.2, 0.25) is 5.91 Å². The number of amides is 1. The second kappa shape index (κ2) is 8.06. The summed E-state index contributed by atoms with van der Waals surface area (Å²) >= 11 is 0. The highest BCUT2D eigenvalue weighted by atomic mass is 16.5. The van der Waals surface area contributed by atoms with E-state index in [4.69, 9.17) is 0 Å². The Kier molecular flexibility index (Phi) is 7.54. The number of ether oxygens (including phenoxy) is 1. The summed E-state index contributed by atoms with van der Waals surface area (Å²) < 4.78 is 4.65. The van der Waals surface area contributed by atoms with Gasteiger partial charge in [0.1, 0.15) is 6.04 Å². The Balaban J connectivity index is 4.09. The van der Waals surface area contributed by atoms with Gasteiger partial charge in [-0.3, -0.25) is 4.79 Å². The molecule has 0 saturated carbocycles. The minimum atomic E-state index is -0.563. The summed E-state index contributed by atoms with van der Waals surface area (Å²) in [5, 5.41) is 5.83. The van der Waals surface area contributed by atoms with Crippen LogP contribution in [0.3, 0.4) is 0 Å². The molecule has 17 heavy (non-hydrogen) atoms. The Morgan fingerprint density at radius 3 is 2.18 bits per heavy atom. The SMILES string of the molecule is COC(=O)[C@@H](NC(=O)CCNC(C)C)C(C)C. The summed E-state index contributed by atoms with van der Waals surface area (Å²) in [5.74, 6) is -0.517. The molecule has 0 rings (SSSR count). The van der Waals surface area contributed by atoms with Gasteiger partial charge in [0.25, 0.3) is 0 Å². The molecule has 0 aliphatic carbocycles. The first-order valence-corrected chi connectivity index (χ1v) is 5.99. The molecule has 0 heterocycles. The van der Waals surface area contributed by atoms with Crippen LogP contribution in [0.1, 0.15) is 34.1 Å². The number of hydrogen-bond donors (Lipinski definition) is 2. The smallest absolute Gasteiger partial charge is 0.328 e. The number of esters is 1. The number of methoxy groups -OCH3 is 1. The highest BCUT2D eigenvalue weighted by Crippen LogP contribution is 2.03. The molecule has 0 saturated heterocycles. The van der Waals surface area contributed by atoms with Crippen molar-refractivity contribution in [3.8, 4) is 0 Å². The third kappa shape index (κ3) is 6.94. The van der Waals surface area contributed by atoms with E-state index in [2.05, 4.69) is 15.4 Å². The van der Waals surface area contributed by atoms with Crippen LogP contribution in [0.5, 0.6) is 0 Å². The maximum absolute atomic E-state index is 11.6. The molecule has 1 atom stereocenters. The van der Waals surface area contributed by atoms with E-state index < -0.39 is 12.0 Å². The fraction of sp³-hybridized carbons (Fsp3) is 0.833. The van der Waals surface area contributed by atoms with Gasteiger partial charge in [-0.05, 0) is 5.92 Å². The molecule has 0 spiro atoms. The van der Waals surface area contributed by atoms with E-state index in [-0.39, 0.29) is 11.8 Å². The van der Waals surface area contributed by atoms with E-state index in [1.807, 2.05) is 27.7 Å². The summed E-state index contributed by atoms with van der Waals surface area (Å²) in [6.07, 6.45) is 0.360. The number of carbonyl (C=O) groups is 2. The van der Waals surface area contributed by atoms with Crippen molar-refractivity contribution in [3.63, 3.8) is 0 Å². The first kappa shape index (κ1) is 15.9. The van der Waals surface area contributed by atoms with Crippen LogP contribution in [-0.2, 0) is 14.3 Å². The third-order valence-corrected chi connectivity index (χ3v) is 2.34. The molecule has 0 unspecified atom stereocenters. The normalized spacial score (nSPS) is 12.6. The molecule has 100 valence electrons. The van der Waals surface area contributed by atoms with Gasteiger partial charge in [0.15, 0.2) is 0 Å². The zero-order valence-corrected chi connectivity index (χ0v) is 11.4. The molecule has 0 aromatic rings. The second-order valence-electron chi connectivity index (χ2n) is 4.67. The molecular formula is C12H24N2O3. The zero-order chi connectivity index (χ0) is 13.4. The summed E-state index contributed by atoms with van der Waals surface area (Å²) in [6, 6.07) is -0.212. The number of carbonyl (C=O) groups excluding carboxylic acids is 2. The maximum atomic E-state index is 11.6. The maximum Gasteiger partial charge on any atom is 0.328 e. The summed E-state index contributed by atoms with van der Waals surface area (Å²) in [5.41, 5.74) is 0. The number of nitrogens with one attached hydrogen (secondary N) is 2. The lowest BCUT2D eigenvalue weighted by molar-refractivity contribution is -0.146. The fourth-order valence-corrected chi connectivity index (χ4v) is 1.34. The van der Waals surface area contributed by atoms with E-state index in [1.54, 1.807) is 0 Å². The minimum Gasteiger partial charge on any atom is -0.467 e. The molecule has 5 heteroatoms. The van der Waals surface area contributed by atoms with Crippen molar-refractivity contribution < 1.29 is 14.3 Å². The Labute approximate surface area is 103 Å². The van der Waals surface area contributed by atoms with Gasteiger partial charge in [0, 0.05) is 19.0 Å². The van der Waals surface area contributed by atoms with Gasteiger partial charge >= 0.3 is 5.97 Å². The van der Waals surface area contributed by atoms with E-state index in [1.165, 1.54) is 7.11 Å². The van der Waals surface area contributed by atoms with Crippen LogP contribution in [0.2, 0.25) is 0 Å². The predicted octanol–water partition coefficient (Wildman–Crippen LogP) is 0.688. The van der Waals surface area contributed by atoms with Crippen molar-refractivity contribution in [1.82, 2.24) is 10.6 Å². The fourth-order valence-electron chi connectivity index (χ4n) is 1.34. The second-order valence-corrected chi connectivity index (χ2v) is 4.67. The monoisotopic (exact) mass is 244 g/mol. The molecule has 0 aliphatic heterocycles. The Hall–Kier alpha value is -1.10. The molecular weight excluding hydrogens is 220 g/mol. The third-order valence-electron chi connectivity index (χ3n) is 2.34. The van der Waals surface area contributed by atoms with Crippen LogP contribution in [0.15, 0.2) is 0 Å². The topological polar surface area (TPSA) is 67.4 Å². The van der Waals surface area contributed by atoms with E-state index in [9.17, 15) is 9.59 Å². The molecule has 2 N–H and O–H groups in total. The Morgan fingerprint density at radius 2 is 1.76 bits per heavy atom. The molecule has 5 nitrogen and oxygen atoms in total. The van der Waals surface area contributed by atoms with Crippen molar-refractivity contribution >= 4 is 11.9 Å². The van der Waals surface area contributed by atoms with Crippen LogP contribution in [-0.4, -0.2) is 37.6 Å².